The molecule has 1 aromatic heterocycles. The summed E-state index contributed by atoms with van der Waals surface area (Å²) < 4.78 is 1.38. The van der Waals surface area contributed by atoms with Crippen molar-refractivity contribution in [2.75, 3.05) is 30.3 Å². The molecule has 3 rings (SSSR count). The molecule has 27 heavy (non-hydrogen) atoms. The first-order valence-electron chi connectivity index (χ1n) is 8.17. The van der Waals surface area contributed by atoms with Crippen LogP contribution in [0.4, 0.5) is 11.6 Å². The first-order valence-corrected chi connectivity index (χ1v) is 9.53. The molecule has 0 aliphatic carbocycles. The van der Waals surface area contributed by atoms with Crippen LogP contribution >= 0.6 is 23.4 Å². The predicted molar refractivity (Wildman–Crippen MR) is 113 cm³/mol. The highest BCUT2D eigenvalue weighted by Gasteiger charge is 2.09. The number of anilines is 2. The van der Waals surface area contributed by atoms with Crippen molar-refractivity contribution in [3.63, 3.8) is 0 Å². The second-order valence-corrected chi connectivity index (χ2v) is 7.33. The molecule has 0 unspecified atom stereocenters. The molecule has 0 saturated carbocycles. The quantitative estimate of drug-likeness (QED) is 0.273. The molecule has 3 N–H and O–H groups in total. The summed E-state index contributed by atoms with van der Waals surface area (Å²) in [6.45, 7) is 0. The lowest BCUT2D eigenvalue weighted by Crippen LogP contribution is -2.13. The van der Waals surface area contributed by atoms with Crippen LogP contribution in [0.15, 0.2) is 58.8 Å². The SMILES string of the molecule is CN(C)c1ccc(/C=N/Nc2nnc(SCc3ccc(Cl)cc3)n2N)cc1. The third kappa shape index (κ3) is 5.15. The largest absolute Gasteiger partial charge is 0.378 e. The number of hydrogen-bond acceptors (Lipinski definition) is 7. The van der Waals surface area contributed by atoms with Crippen molar-refractivity contribution in [1.82, 2.24) is 14.9 Å². The smallest absolute Gasteiger partial charge is 0.264 e. The molecule has 1 heterocycles. The Morgan fingerprint density at radius 3 is 2.52 bits per heavy atom. The Bertz CT molecular complexity index is 904. The Morgan fingerprint density at radius 1 is 1.15 bits per heavy atom. The Morgan fingerprint density at radius 2 is 1.85 bits per heavy atom. The number of hydrazone groups is 1. The number of aromatic nitrogens is 3. The van der Waals surface area contributed by atoms with Crippen LogP contribution in [0.5, 0.6) is 0 Å². The van der Waals surface area contributed by atoms with Crippen LogP contribution in [0.3, 0.4) is 0 Å². The third-order valence-electron chi connectivity index (χ3n) is 3.73. The lowest BCUT2D eigenvalue weighted by Gasteiger charge is -2.11. The minimum absolute atomic E-state index is 0.370. The lowest BCUT2D eigenvalue weighted by molar-refractivity contribution is 0.847. The molecule has 0 aliphatic heterocycles. The van der Waals surface area contributed by atoms with Crippen molar-refractivity contribution < 1.29 is 0 Å². The molecule has 0 fully saturated rings. The second-order valence-electron chi connectivity index (χ2n) is 5.95. The molecule has 0 bridgehead atoms. The van der Waals surface area contributed by atoms with Crippen LogP contribution in [-0.4, -0.2) is 35.2 Å². The normalized spacial score (nSPS) is 11.1. The molecule has 0 aliphatic rings. The molecule has 0 saturated heterocycles. The maximum atomic E-state index is 6.03. The van der Waals surface area contributed by atoms with E-state index in [1.807, 2.05) is 67.5 Å². The summed E-state index contributed by atoms with van der Waals surface area (Å²) in [5, 5.41) is 13.6. The average Bonchev–Trinajstić information content (AvgIpc) is 3.02. The number of hydrogen-bond donors (Lipinski definition) is 2. The topological polar surface area (TPSA) is 84.4 Å². The van der Waals surface area contributed by atoms with Gasteiger partial charge in [-0.15, -0.1) is 10.2 Å². The maximum Gasteiger partial charge on any atom is 0.264 e. The highest BCUT2D eigenvalue weighted by molar-refractivity contribution is 7.98. The minimum atomic E-state index is 0.370. The first kappa shape index (κ1) is 19.1. The molecule has 2 aromatic carbocycles. The summed E-state index contributed by atoms with van der Waals surface area (Å²) in [5.41, 5.74) is 6.04. The summed E-state index contributed by atoms with van der Waals surface area (Å²) in [4.78, 5) is 2.04. The highest BCUT2D eigenvalue weighted by Crippen LogP contribution is 2.22. The number of halogens is 1. The van der Waals surface area contributed by atoms with Crippen molar-refractivity contribution >= 4 is 41.2 Å². The number of benzene rings is 2. The monoisotopic (exact) mass is 401 g/mol. The third-order valence-corrected chi connectivity index (χ3v) is 5.00. The molecule has 0 amide bonds. The van der Waals surface area contributed by atoms with Crippen LogP contribution < -0.4 is 16.2 Å². The summed E-state index contributed by atoms with van der Waals surface area (Å²) in [6.07, 6.45) is 1.70. The van der Waals surface area contributed by atoms with E-state index >= 15 is 0 Å². The zero-order valence-corrected chi connectivity index (χ0v) is 16.6. The fourth-order valence-electron chi connectivity index (χ4n) is 2.20. The van der Waals surface area contributed by atoms with Gasteiger partial charge in [0.2, 0.25) is 5.16 Å². The Labute approximate surface area is 167 Å². The van der Waals surface area contributed by atoms with E-state index in [0.29, 0.717) is 21.9 Å². The van der Waals surface area contributed by atoms with Crippen molar-refractivity contribution in [2.45, 2.75) is 10.9 Å². The summed E-state index contributed by atoms with van der Waals surface area (Å²) >= 11 is 7.38. The van der Waals surface area contributed by atoms with Crippen molar-refractivity contribution in [2.24, 2.45) is 5.10 Å². The number of nitrogens with zero attached hydrogens (tertiary/aromatic N) is 5. The van der Waals surface area contributed by atoms with Crippen LogP contribution in [-0.2, 0) is 5.75 Å². The van der Waals surface area contributed by atoms with Gasteiger partial charge < -0.3 is 10.7 Å². The van der Waals surface area contributed by atoms with E-state index in [-0.39, 0.29) is 0 Å². The van der Waals surface area contributed by atoms with Crippen LogP contribution in [0.1, 0.15) is 11.1 Å². The maximum absolute atomic E-state index is 6.03. The molecule has 0 radical (unpaired) electrons. The minimum Gasteiger partial charge on any atom is -0.378 e. The van der Waals surface area contributed by atoms with Crippen LogP contribution in [0.25, 0.3) is 0 Å². The number of nitrogens with two attached hydrogens (primary N) is 1. The zero-order chi connectivity index (χ0) is 19.2. The van der Waals surface area contributed by atoms with Gasteiger partial charge >= 0.3 is 0 Å². The number of nitrogens with one attached hydrogen (secondary N) is 1. The first-order chi connectivity index (χ1) is 13.0. The van der Waals surface area contributed by atoms with E-state index in [1.54, 1.807) is 6.21 Å². The molecule has 7 nitrogen and oxygen atoms in total. The molecule has 9 heteroatoms. The number of thioether (sulfide) groups is 1. The second kappa shape index (κ2) is 8.79. The number of nitrogen functional groups attached to an aromatic ring is 1. The van der Waals surface area contributed by atoms with Crippen molar-refractivity contribution in [3.8, 4) is 0 Å². The van der Waals surface area contributed by atoms with Crippen LogP contribution in [0, 0.1) is 0 Å². The molecule has 140 valence electrons. The summed E-state index contributed by atoms with van der Waals surface area (Å²) in [6, 6.07) is 15.7. The Kier molecular flexibility index (Phi) is 6.20. The fraction of sp³-hybridized carbons (Fsp3) is 0.167. The van der Waals surface area contributed by atoms with Gasteiger partial charge in [-0.2, -0.15) is 5.10 Å². The van der Waals surface area contributed by atoms with Gasteiger partial charge in [-0.25, -0.2) is 10.1 Å². The lowest BCUT2D eigenvalue weighted by atomic mass is 10.2. The molecule has 3 aromatic rings. The van der Waals surface area contributed by atoms with E-state index < -0.39 is 0 Å². The van der Waals surface area contributed by atoms with E-state index in [4.69, 9.17) is 17.4 Å². The standard InChI is InChI=1S/C18H20ClN7S/c1-25(2)16-9-5-13(6-10-16)11-21-22-17-23-24-18(26(17)20)27-12-14-3-7-15(19)8-4-14/h3-11H,12,20H2,1-2H3,(H,22,23)/b21-11+. The van der Waals surface area contributed by atoms with E-state index in [0.717, 1.165) is 16.8 Å². The Hall–Kier alpha value is -2.71. The van der Waals surface area contributed by atoms with E-state index in [2.05, 4.69) is 20.7 Å². The summed E-state index contributed by atoms with van der Waals surface area (Å²) in [7, 11) is 4.00. The zero-order valence-electron chi connectivity index (χ0n) is 15.0. The molecular weight excluding hydrogens is 382 g/mol. The molecule has 0 atom stereocenters. The highest BCUT2D eigenvalue weighted by atomic mass is 35.5. The number of rotatable bonds is 7. The van der Waals surface area contributed by atoms with Crippen molar-refractivity contribution in [1.29, 1.82) is 0 Å². The van der Waals surface area contributed by atoms with Gasteiger partial charge in [0.05, 0.1) is 6.21 Å². The Balaban J connectivity index is 1.57. The fourth-order valence-corrected chi connectivity index (χ4v) is 3.14. The van der Waals surface area contributed by atoms with Gasteiger partial charge in [-0.3, -0.25) is 0 Å². The average molecular weight is 402 g/mol. The van der Waals surface area contributed by atoms with Gasteiger partial charge in [0.1, 0.15) is 0 Å². The molecular formula is C18H20ClN7S. The predicted octanol–water partition coefficient (Wildman–Crippen LogP) is 3.45. The van der Waals surface area contributed by atoms with Gasteiger partial charge in [0, 0.05) is 30.6 Å². The molecule has 0 spiro atoms. The van der Waals surface area contributed by atoms with Crippen molar-refractivity contribution in [3.05, 3.63) is 64.7 Å². The summed E-state index contributed by atoms with van der Waals surface area (Å²) in [5.74, 6) is 7.12. The van der Waals surface area contributed by atoms with Crippen LogP contribution in [0.2, 0.25) is 5.02 Å². The van der Waals surface area contributed by atoms with Gasteiger partial charge in [0.15, 0.2) is 0 Å². The van der Waals surface area contributed by atoms with Gasteiger partial charge in [-0.05, 0) is 35.4 Å². The van der Waals surface area contributed by atoms with E-state index in [9.17, 15) is 0 Å². The van der Waals surface area contributed by atoms with Gasteiger partial charge in [-0.1, -0.05) is 47.6 Å². The van der Waals surface area contributed by atoms with E-state index in [1.165, 1.54) is 16.4 Å². The van der Waals surface area contributed by atoms with Gasteiger partial charge in [0.25, 0.3) is 5.95 Å².